The van der Waals surface area contributed by atoms with E-state index in [0.29, 0.717) is 11.1 Å². The van der Waals surface area contributed by atoms with Crippen molar-refractivity contribution in [1.29, 1.82) is 0 Å². The summed E-state index contributed by atoms with van der Waals surface area (Å²) in [6, 6.07) is 3.53. The standard InChI is InChI=1S/C16H20F2N2O/c1-16(2,3)8-11(9-21)20-14-4-5-19-15-12(14)6-10(17)7-13(15)18/h4-7,11,21H,8-9H2,1-3H3,(H,19,20). The summed E-state index contributed by atoms with van der Waals surface area (Å²) in [6.45, 7) is 6.16. The second kappa shape index (κ2) is 5.93. The normalized spacial score (nSPS) is 13.4. The largest absolute Gasteiger partial charge is 0.394 e. The van der Waals surface area contributed by atoms with Crippen LogP contribution in [0, 0.1) is 17.0 Å². The summed E-state index contributed by atoms with van der Waals surface area (Å²) in [4.78, 5) is 3.95. The summed E-state index contributed by atoms with van der Waals surface area (Å²) in [5, 5.41) is 13.0. The number of aromatic nitrogens is 1. The lowest BCUT2D eigenvalue weighted by molar-refractivity contribution is 0.234. The Morgan fingerprint density at radius 3 is 2.62 bits per heavy atom. The van der Waals surface area contributed by atoms with Gasteiger partial charge in [-0.25, -0.2) is 8.78 Å². The minimum absolute atomic E-state index is 0.0275. The Bertz CT molecular complexity index is 638. The van der Waals surface area contributed by atoms with E-state index < -0.39 is 11.6 Å². The number of pyridine rings is 1. The van der Waals surface area contributed by atoms with Gasteiger partial charge in [0.25, 0.3) is 0 Å². The van der Waals surface area contributed by atoms with Crippen LogP contribution in [0.5, 0.6) is 0 Å². The van der Waals surface area contributed by atoms with Gasteiger partial charge in [-0.1, -0.05) is 20.8 Å². The molecule has 2 N–H and O–H groups in total. The molecule has 3 nitrogen and oxygen atoms in total. The molecular formula is C16H20F2N2O. The third kappa shape index (κ3) is 3.88. The SMILES string of the molecule is CC(C)(C)CC(CO)Nc1ccnc2c(F)cc(F)cc12. The van der Waals surface area contributed by atoms with Crippen molar-refractivity contribution in [2.75, 3.05) is 11.9 Å². The van der Waals surface area contributed by atoms with Gasteiger partial charge in [-0.2, -0.15) is 0 Å². The fourth-order valence-corrected chi connectivity index (χ4v) is 2.42. The molecule has 0 saturated heterocycles. The fraction of sp³-hybridized carbons (Fsp3) is 0.438. The second-order valence-electron chi connectivity index (χ2n) is 6.43. The minimum Gasteiger partial charge on any atom is -0.394 e. The zero-order valence-electron chi connectivity index (χ0n) is 12.5. The third-order valence-electron chi connectivity index (χ3n) is 3.20. The van der Waals surface area contributed by atoms with Gasteiger partial charge in [-0.15, -0.1) is 0 Å². The number of benzene rings is 1. The number of hydrogen-bond donors (Lipinski definition) is 2. The van der Waals surface area contributed by atoms with Crippen molar-refractivity contribution in [3.05, 3.63) is 36.0 Å². The first-order chi connectivity index (χ1) is 9.80. The topological polar surface area (TPSA) is 45.1 Å². The van der Waals surface area contributed by atoms with E-state index in [9.17, 15) is 13.9 Å². The van der Waals surface area contributed by atoms with Crippen molar-refractivity contribution < 1.29 is 13.9 Å². The summed E-state index contributed by atoms with van der Waals surface area (Å²) in [6.07, 6.45) is 2.20. The van der Waals surface area contributed by atoms with Gasteiger partial charge in [-0.05, 0) is 24.0 Å². The molecule has 1 heterocycles. The van der Waals surface area contributed by atoms with Crippen LogP contribution in [0.2, 0.25) is 0 Å². The average Bonchev–Trinajstić information content (AvgIpc) is 2.37. The molecule has 1 unspecified atom stereocenters. The van der Waals surface area contributed by atoms with E-state index in [1.54, 1.807) is 6.07 Å². The highest BCUT2D eigenvalue weighted by Gasteiger charge is 2.19. The molecular weight excluding hydrogens is 274 g/mol. The predicted octanol–water partition coefficient (Wildman–Crippen LogP) is 3.72. The van der Waals surface area contributed by atoms with E-state index in [4.69, 9.17) is 0 Å². The zero-order valence-corrected chi connectivity index (χ0v) is 12.5. The number of halogens is 2. The van der Waals surface area contributed by atoms with Crippen molar-refractivity contribution >= 4 is 16.6 Å². The maximum Gasteiger partial charge on any atom is 0.152 e. The van der Waals surface area contributed by atoms with Crippen LogP contribution in [-0.4, -0.2) is 22.7 Å². The molecule has 0 spiro atoms. The molecule has 1 aromatic carbocycles. The van der Waals surface area contributed by atoms with Crippen LogP contribution in [0.15, 0.2) is 24.4 Å². The average molecular weight is 294 g/mol. The van der Waals surface area contributed by atoms with E-state index in [1.807, 2.05) is 0 Å². The van der Waals surface area contributed by atoms with Gasteiger partial charge in [0.2, 0.25) is 0 Å². The summed E-state index contributed by atoms with van der Waals surface area (Å²) < 4.78 is 27.2. The summed E-state index contributed by atoms with van der Waals surface area (Å²) in [5.41, 5.74) is 0.718. The van der Waals surface area contributed by atoms with Crippen LogP contribution >= 0.6 is 0 Å². The summed E-state index contributed by atoms with van der Waals surface area (Å²) in [5.74, 6) is -1.34. The van der Waals surface area contributed by atoms with Gasteiger partial charge >= 0.3 is 0 Å². The van der Waals surface area contributed by atoms with Gasteiger partial charge in [0.15, 0.2) is 5.82 Å². The Labute approximate surface area is 123 Å². The van der Waals surface area contributed by atoms with Crippen LogP contribution < -0.4 is 5.32 Å². The first-order valence-electron chi connectivity index (χ1n) is 6.91. The first kappa shape index (κ1) is 15.6. The van der Waals surface area contributed by atoms with Crippen molar-refractivity contribution in [2.45, 2.75) is 33.2 Å². The second-order valence-corrected chi connectivity index (χ2v) is 6.43. The number of nitrogens with one attached hydrogen (secondary N) is 1. The lowest BCUT2D eigenvalue weighted by Crippen LogP contribution is -2.29. The Morgan fingerprint density at radius 2 is 2.00 bits per heavy atom. The molecule has 0 aliphatic heterocycles. The smallest absolute Gasteiger partial charge is 0.152 e. The van der Waals surface area contributed by atoms with Gasteiger partial charge in [0.1, 0.15) is 11.3 Å². The lowest BCUT2D eigenvalue weighted by Gasteiger charge is -2.26. The molecule has 0 aliphatic rings. The predicted molar refractivity (Wildman–Crippen MR) is 80.2 cm³/mol. The molecule has 1 atom stereocenters. The Hall–Kier alpha value is -1.75. The number of aliphatic hydroxyl groups excluding tert-OH is 1. The van der Waals surface area contributed by atoms with Gasteiger partial charge < -0.3 is 10.4 Å². The number of fused-ring (bicyclic) bond motifs is 1. The molecule has 2 aromatic rings. The number of hydrogen-bond acceptors (Lipinski definition) is 3. The number of rotatable bonds is 4. The molecule has 2 rings (SSSR count). The van der Waals surface area contributed by atoms with E-state index in [0.717, 1.165) is 12.5 Å². The molecule has 0 bridgehead atoms. The molecule has 0 aliphatic carbocycles. The van der Waals surface area contributed by atoms with E-state index in [1.165, 1.54) is 12.3 Å². The van der Waals surface area contributed by atoms with Gasteiger partial charge in [0, 0.05) is 29.4 Å². The number of aliphatic hydroxyl groups is 1. The Morgan fingerprint density at radius 1 is 1.29 bits per heavy atom. The molecule has 1 aromatic heterocycles. The van der Waals surface area contributed by atoms with Gasteiger partial charge in [-0.3, -0.25) is 4.98 Å². The Balaban J connectivity index is 2.37. The maximum atomic E-state index is 13.7. The fourth-order valence-electron chi connectivity index (χ4n) is 2.42. The van der Waals surface area contributed by atoms with Crippen molar-refractivity contribution in [2.24, 2.45) is 5.41 Å². The van der Waals surface area contributed by atoms with E-state index >= 15 is 0 Å². The van der Waals surface area contributed by atoms with Crippen molar-refractivity contribution in [3.8, 4) is 0 Å². The monoisotopic (exact) mass is 294 g/mol. The molecule has 114 valence electrons. The highest BCUT2D eigenvalue weighted by Crippen LogP contribution is 2.28. The van der Waals surface area contributed by atoms with Crippen molar-refractivity contribution in [3.63, 3.8) is 0 Å². The number of anilines is 1. The molecule has 0 fully saturated rings. The Kier molecular flexibility index (Phi) is 4.42. The maximum absolute atomic E-state index is 13.7. The molecule has 0 amide bonds. The van der Waals surface area contributed by atoms with E-state index in [-0.39, 0.29) is 23.6 Å². The van der Waals surface area contributed by atoms with Crippen LogP contribution in [0.4, 0.5) is 14.5 Å². The molecule has 5 heteroatoms. The van der Waals surface area contributed by atoms with Crippen LogP contribution in [-0.2, 0) is 0 Å². The van der Waals surface area contributed by atoms with Crippen LogP contribution in [0.25, 0.3) is 10.9 Å². The van der Waals surface area contributed by atoms with Crippen molar-refractivity contribution in [1.82, 2.24) is 4.98 Å². The highest BCUT2D eigenvalue weighted by molar-refractivity contribution is 5.91. The minimum atomic E-state index is -0.690. The first-order valence-corrected chi connectivity index (χ1v) is 6.91. The zero-order chi connectivity index (χ0) is 15.6. The number of nitrogens with zero attached hydrogens (tertiary/aromatic N) is 1. The third-order valence-corrected chi connectivity index (χ3v) is 3.20. The highest BCUT2D eigenvalue weighted by atomic mass is 19.1. The lowest BCUT2D eigenvalue weighted by atomic mass is 9.88. The molecule has 0 saturated carbocycles. The van der Waals surface area contributed by atoms with E-state index in [2.05, 4.69) is 31.1 Å². The van der Waals surface area contributed by atoms with Crippen LogP contribution in [0.1, 0.15) is 27.2 Å². The summed E-state index contributed by atoms with van der Waals surface area (Å²) in [7, 11) is 0. The van der Waals surface area contributed by atoms with Gasteiger partial charge in [0.05, 0.1) is 6.61 Å². The molecule has 0 radical (unpaired) electrons. The quantitative estimate of drug-likeness (QED) is 0.903. The molecule has 21 heavy (non-hydrogen) atoms. The summed E-state index contributed by atoms with van der Waals surface area (Å²) >= 11 is 0. The van der Waals surface area contributed by atoms with Crippen LogP contribution in [0.3, 0.4) is 0 Å².